The first kappa shape index (κ1) is 40.0. The average Bonchev–Trinajstić information content (AvgIpc) is 2.89. The third-order valence-corrected chi connectivity index (χ3v) is 5.09. The van der Waals surface area contributed by atoms with Crippen LogP contribution in [-0.2, 0) is 0 Å². The number of benzene rings is 1. The molecule has 0 radical (unpaired) electrons. The summed E-state index contributed by atoms with van der Waals surface area (Å²) >= 11 is 0. The van der Waals surface area contributed by atoms with E-state index in [1.807, 2.05) is 78.7 Å². The van der Waals surface area contributed by atoms with Crippen molar-refractivity contribution < 1.29 is 10.2 Å². The van der Waals surface area contributed by atoms with Crippen LogP contribution >= 0.6 is 0 Å². The zero-order valence-corrected chi connectivity index (χ0v) is 26.1. The summed E-state index contributed by atoms with van der Waals surface area (Å²) in [5.41, 5.74) is 3.34. The van der Waals surface area contributed by atoms with Crippen LogP contribution in [0.3, 0.4) is 0 Å². The average molecular weight is 532 g/mol. The molecule has 1 atom stereocenters. The number of hydrogen-bond acceptors (Lipinski definition) is 1. The molecule has 218 valence electrons. The van der Waals surface area contributed by atoms with E-state index in [2.05, 4.69) is 55.6 Å². The third-order valence-electron chi connectivity index (χ3n) is 5.09. The van der Waals surface area contributed by atoms with E-state index in [4.69, 9.17) is 0 Å². The van der Waals surface area contributed by atoms with Gasteiger partial charge < -0.3 is 5.32 Å². The van der Waals surface area contributed by atoms with Crippen LogP contribution in [0.4, 0.5) is 14.5 Å². The zero-order valence-electron chi connectivity index (χ0n) is 26.1. The van der Waals surface area contributed by atoms with Gasteiger partial charge in [-0.2, -0.15) is 8.78 Å². The quantitative estimate of drug-likeness (QED) is 0.295. The van der Waals surface area contributed by atoms with Crippen molar-refractivity contribution in [1.82, 2.24) is 0 Å². The fraction of sp³-hybridized carbons (Fsp3) is 0.600. The van der Waals surface area contributed by atoms with Crippen molar-refractivity contribution in [2.45, 2.75) is 132 Å². The molecule has 1 aromatic carbocycles. The summed E-state index contributed by atoms with van der Waals surface area (Å²) in [4.78, 5) is 0. The maximum atomic E-state index is 12.5. The van der Waals surface area contributed by atoms with E-state index in [9.17, 15) is 8.78 Å². The molecule has 1 aromatic rings. The van der Waals surface area contributed by atoms with Gasteiger partial charge in [-0.15, -0.1) is 11.8 Å². The molecule has 0 bridgehead atoms. The number of aryl methyl sites for hydroxylation is 1. The SMILES string of the molecule is C/C=C/C.C=C(C)Nc1ccc(C)cc1.CC.CC.CC1C#CCCCCC1.FC1(F)C#CCCCCC1.[HH]. The van der Waals surface area contributed by atoms with Crippen molar-refractivity contribution >= 4 is 5.69 Å². The largest absolute Gasteiger partial charge is 0.360 e. The molecule has 3 rings (SSSR count). The van der Waals surface area contributed by atoms with E-state index in [0.29, 0.717) is 18.8 Å². The number of halogens is 2. The molecule has 2 aliphatic carbocycles. The Hall–Kier alpha value is -2.52. The summed E-state index contributed by atoms with van der Waals surface area (Å²) in [7, 11) is 0. The van der Waals surface area contributed by atoms with Crippen LogP contribution in [0.5, 0.6) is 0 Å². The fourth-order valence-electron chi connectivity index (χ4n) is 3.03. The number of alkyl halides is 2. The highest BCUT2D eigenvalue weighted by Crippen LogP contribution is 2.22. The van der Waals surface area contributed by atoms with E-state index in [1.54, 1.807) is 0 Å². The lowest BCUT2D eigenvalue weighted by Gasteiger charge is -2.09. The molecular weight excluding hydrogens is 472 g/mol. The zero-order chi connectivity index (χ0) is 29.7. The molecule has 0 aliphatic heterocycles. The second-order valence-corrected chi connectivity index (χ2v) is 8.83. The first-order chi connectivity index (χ1) is 18.2. The lowest BCUT2D eigenvalue weighted by molar-refractivity contribution is 0.0528. The topological polar surface area (TPSA) is 12.0 Å². The summed E-state index contributed by atoms with van der Waals surface area (Å²) < 4.78 is 24.9. The fourth-order valence-corrected chi connectivity index (χ4v) is 3.03. The van der Waals surface area contributed by atoms with E-state index >= 15 is 0 Å². The molecule has 1 unspecified atom stereocenters. The molecule has 0 fully saturated rings. The van der Waals surface area contributed by atoms with Crippen LogP contribution in [0.1, 0.15) is 127 Å². The lowest BCUT2D eigenvalue weighted by Crippen LogP contribution is -2.13. The van der Waals surface area contributed by atoms with Crippen molar-refractivity contribution in [2.75, 3.05) is 5.32 Å². The standard InChI is InChI=1S/C10H13N.C9H14.C8H10F2.C4H8.2C2H6.H2/c1-8(2)11-10-6-4-9(3)5-7-10;1-9-7-5-3-2-4-6-8-9;9-8(10)6-4-2-1-3-5-7-8;1-3-4-2;2*1-2;/h4-7,11H,1H2,2-3H3;9H,2-5,7H2,1H3;1-4,6H2;3-4H,1-2H3;2*1-2H3;1H/b;;;4-3+;;;. The summed E-state index contributed by atoms with van der Waals surface area (Å²) in [5.74, 6) is 8.83. The number of rotatable bonds is 2. The second kappa shape index (κ2) is 29.0. The maximum Gasteiger partial charge on any atom is 0.308 e. The molecule has 0 saturated carbocycles. The van der Waals surface area contributed by atoms with Crippen molar-refractivity contribution in [2.24, 2.45) is 5.92 Å². The molecule has 0 aromatic heterocycles. The molecule has 0 amide bonds. The smallest absolute Gasteiger partial charge is 0.308 e. The van der Waals surface area contributed by atoms with Gasteiger partial charge in [-0.3, -0.25) is 0 Å². The molecular formula is C35H59F2N. The Bertz CT molecular complexity index is 816. The van der Waals surface area contributed by atoms with Gasteiger partial charge in [0, 0.05) is 38.0 Å². The van der Waals surface area contributed by atoms with Gasteiger partial charge in [0.25, 0.3) is 0 Å². The van der Waals surface area contributed by atoms with Gasteiger partial charge in [-0.05, 0) is 71.4 Å². The van der Waals surface area contributed by atoms with Crippen LogP contribution in [0.15, 0.2) is 48.7 Å². The molecule has 1 nitrogen and oxygen atoms in total. The van der Waals surface area contributed by atoms with Gasteiger partial charge in [0.1, 0.15) is 0 Å². The minimum Gasteiger partial charge on any atom is -0.360 e. The lowest BCUT2D eigenvalue weighted by atomic mass is 10.0. The van der Waals surface area contributed by atoms with E-state index in [1.165, 1.54) is 31.2 Å². The molecule has 0 saturated heterocycles. The molecule has 0 spiro atoms. The van der Waals surface area contributed by atoms with Crippen LogP contribution in [-0.4, -0.2) is 5.92 Å². The number of hydrogen-bond donors (Lipinski definition) is 1. The van der Waals surface area contributed by atoms with Gasteiger partial charge in [-0.25, -0.2) is 0 Å². The van der Waals surface area contributed by atoms with Gasteiger partial charge in [-0.1, -0.05) is 96.2 Å². The summed E-state index contributed by atoms with van der Waals surface area (Å²) in [5, 5.41) is 3.14. The summed E-state index contributed by atoms with van der Waals surface area (Å²) in [6, 6.07) is 8.24. The first-order valence-electron chi connectivity index (χ1n) is 14.6. The molecule has 2 aliphatic rings. The number of nitrogens with one attached hydrogen (secondary N) is 1. The summed E-state index contributed by atoms with van der Waals surface area (Å²) in [6.07, 6.45) is 13.6. The van der Waals surface area contributed by atoms with E-state index in [-0.39, 0.29) is 7.85 Å². The Balaban J connectivity index is -0.000000206. The van der Waals surface area contributed by atoms with Crippen molar-refractivity contribution in [3.05, 3.63) is 54.3 Å². The molecule has 0 heterocycles. The maximum absolute atomic E-state index is 12.5. The second-order valence-electron chi connectivity index (χ2n) is 8.83. The van der Waals surface area contributed by atoms with Gasteiger partial charge >= 0.3 is 5.92 Å². The first-order valence-corrected chi connectivity index (χ1v) is 14.6. The Morgan fingerprint density at radius 3 is 1.97 bits per heavy atom. The molecule has 38 heavy (non-hydrogen) atoms. The van der Waals surface area contributed by atoms with Crippen LogP contribution in [0.25, 0.3) is 0 Å². The highest BCUT2D eigenvalue weighted by atomic mass is 19.3. The van der Waals surface area contributed by atoms with Crippen molar-refractivity contribution in [3.63, 3.8) is 0 Å². The van der Waals surface area contributed by atoms with Crippen LogP contribution < -0.4 is 5.32 Å². The molecule has 3 heteroatoms. The third kappa shape index (κ3) is 29.7. The Morgan fingerprint density at radius 1 is 0.921 bits per heavy atom. The predicted octanol–water partition coefficient (Wildman–Crippen LogP) is 12.0. The van der Waals surface area contributed by atoms with Gasteiger partial charge in [0.2, 0.25) is 0 Å². The van der Waals surface area contributed by atoms with Gasteiger partial charge in [0.05, 0.1) is 0 Å². The highest BCUT2D eigenvalue weighted by molar-refractivity contribution is 5.48. The highest BCUT2D eigenvalue weighted by Gasteiger charge is 2.25. The molecule has 1 N–H and O–H groups in total. The van der Waals surface area contributed by atoms with Crippen molar-refractivity contribution in [1.29, 1.82) is 0 Å². The number of allylic oxidation sites excluding steroid dienone is 3. The van der Waals surface area contributed by atoms with Gasteiger partial charge in [0.15, 0.2) is 0 Å². The number of anilines is 1. The Kier molecular flexibility index (Phi) is 30.6. The normalized spacial score (nSPS) is 16.8. The summed E-state index contributed by atoms with van der Waals surface area (Å²) in [6.45, 7) is 22.0. The minimum atomic E-state index is -2.71. The Morgan fingerprint density at radius 2 is 1.45 bits per heavy atom. The van der Waals surface area contributed by atoms with E-state index < -0.39 is 5.92 Å². The van der Waals surface area contributed by atoms with E-state index in [0.717, 1.165) is 30.6 Å². The Labute approximate surface area is 237 Å². The van der Waals surface area contributed by atoms with Crippen LogP contribution in [0, 0.1) is 36.5 Å². The predicted molar refractivity (Wildman–Crippen MR) is 171 cm³/mol. The monoisotopic (exact) mass is 531 g/mol. The van der Waals surface area contributed by atoms with Crippen molar-refractivity contribution in [3.8, 4) is 23.7 Å². The van der Waals surface area contributed by atoms with Crippen LogP contribution in [0.2, 0.25) is 0 Å². The minimum absolute atomic E-state index is 0.